The molecule has 0 bridgehead atoms. The van der Waals surface area contributed by atoms with E-state index in [0.29, 0.717) is 25.2 Å². The van der Waals surface area contributed by atoms with Crippen molar-refractivity contribution in [3.8, 4) is 0 Å². The van der Waals surface area contributed by atoms with Crippen LogP contribution in [0.15, 0.2) is 0 Å². The number of aliphatic hydroxyl groups is 1. The van der Waals surface area contributed by atoms with Crippen LogP contribution in [0.3, 0.4) is 0 Å². The maximum absolute atomic E-state index is 12.7. The second kappa shape index (κ2) is 9.40. The molecule has 27 heavy (non-hydrogen) atoms. The van der Waals surface area contributed by atoms with Gasteiger partial charge < -0.3 is 14.9 Å². The zero-order chi connectivity index (χ0) is 21.0. The highest BCUT2D eigenvalue weighted by molar-refractivity contribution is 5.74. The number of aliphatic carboxylic acids is 1. The van der Waals surface area contributed by atoms with Gasteiger partial charge in [0.15, 0.2) is 0 Å². The second-order valence-electron chi connectivity index (χ2n) is 9.78. The monoisotopic (exact) mass is 384 g/mol. The molecule has 6 atom stereocenters. The zero-order valence-corrected chi connectivity index (χ0v) is 18.2. The van der Waals surface area contributed by atoms with Crippen LogP contribution in [0.2, 0.25) is 0 Å². The smallest absolute Gasteiger partial charge is 0.309 e. The van der Waals surface area contributed by atoms with Crippen LogP contribution >= 0.6 is 0 Å². The molecule has 0 spiro atoms. The Balaban J connectivity index is 2.64. The van der Waals surface area contributed by atoms with Gasteiger partial charge in [0.2, 0.25) is 0 Å². The third-order valence-corrected chi connectivity index (χ3v) is 6.59. The number of ether oxygens (including phenoxy) is 1. The summed E-state index contributed by atoms with van der Waals surface area (Å²) in [5.41, 5.74) is -1.46. The molecule has 1 aliphatic carbocycles. The van der Waals surface area contributed by atoms with Gasteiger partial charge in [-0.05, 0) is 64.7 Å². The highest BCUT2D eigenvalue weighted by Gasteiger charge is 2.41. The van der Waals surface area contributed by atoms with Gasteiger partial charge in [0.25, 0.3) is 0 Å². The van der Waals surface area contributed by atoms with Crippen LogP contribution in [-0.4, -0.2) is 33.9 Å². The number of hydrogen-bond acceptors (Lipinski definition) is 4. The normalized spacial score (nSPS) is 28.1. The van der Waals surface area contributed by atoms with Crippen molar-refractivity contribution < 1.29 is 24.5 Å². The molecule has 0 saturated heterocycles. The number of esters is 1. The van der Waals surface area contributed by atoms with E-state index in [-0.39, 0.29) is 23.7 Å². The first-order valence-corrected chi connectivity index (χ1v) is 10.5. The SMILES string of the molecule is CCC(C)(CC(C)CC(C)C(=O)OC(C)(C)C1CCC(C)CC1O)C(=O)O. The Morgan fingerprint density at radius 3 is 2.26 bits per heavy atom. The molecule has 0 radical (unpaired) electrons. The Kier molecular flexibility index (Phi) is 8.33. The molecule has 1 rings (SSSR count). The largest absolute Gasteiger partial charge is 0.481 e. The van der Waals surface area contributed by atoms with Crippen molar-refractivity contribution in [2.75, 3.05) is 0 Å². The van der Waals surface area contributed by atoms with Gasteiger partial charge in [0, 0.05) is 5.92 Å². The van der Waals surface area contributed by atoms with Gasteiger partial charge in [0.1, 0.15) is 5.60 Å². The van der Waals surface area contributed by atoms with E-state index in [9.17, 15) is 19.8 Å². The van der Waals surface area contributed by atoms with E-state index in [1.165, 1.54) is 0 Å². The fourth-order valence-corrected chi connectivity index (χ4v) is 4.53. The zero-order valence-electron chi connectivity index (χ0n) is 18.2. The highest BCUT2D eigenvalue weighted by Crippen LogP contribution is 2.38. The highest BCUT2D eigenvalue weighted by atomic mass is 16.6. The Bertz CT molecular complexity index is 515. The topological polar surface area (TPSA) is 83.8 Å². The number of carboxylic acids is 1. The lowest BCUT2D eigenvalue weighted by Gasteiger charge is -2.41. The maximum atomic E-state index is 12.7. The summed E-state index contributed by atoms with van der Waals surface area (Å²) < 4.78 is 5.83. The first-order valence-electron chi connectivity index (χ1n) is 10.5. The first-order chi connectivity index (χ1) is 12.3. The van der Waals surface area contributed by atoms with Gasteiger partial charge in [0.05, 0.1) is 17.4 Å². The number of aliphatic hydroxyl groups excluding tert-OH is 1. The summed E-state index contributed by atoms with van der Waals surface area (Å²) >= 11 is 0. The number of carboxylic acid groups (broad SMARTS) is 1. The molecule has 0 aromatic rings. The molecule has 0 aromatic heterocycles. The summed E-state index contributed by atoms with van der Waals surface area (Å²) in [6.45, 7) is 13.4. The Labute approximate surface area is 164 Å². The minimum atomic E-state index is -0.784. The molecule has 0 heterocycles. The number of rotatable bonds is 9. The van der Waals surface area contributed by atoms with Crippen LogP contribution in [0, 0.1) is 29.1 Å². The number of carbonyl (C=O) groups is 2. The average Bonchev–Trinajstić information content (AvgIpc) is 2.53. The van der Waals surface area contributed by atoms with Gasteiger partial charge in [-0.1, -0.05) is 34.1 Å². The van der Waals surface area contributed by atoms with E-state index >= 15 is 0 Å². The Hall–Kier alpha value is -1.10. The molecule has 5 nitrogen and oxygen atoms in total. The van der Waals surface area contributed by atoms with Crippen molar-refractivity contribution in [3.05, 3.63) is 0 Å². The fourth-order valence-electron chi connectivity index (χ4n) is 4.53. The quantitative estimate of drug-likeness (QED) is 0.565. The Morgan fingerprint density at radius 1 is 1.19 bits per heavy atom. The lowest BCUT2D eigenvalue weighted by Crippen LogP contribution is -2.46. The summed E-state index contributed by atoms with van der Waals surface area (Å²) in [7, 11) is 0. The van der Waals surface area contributed by atoms with E-state index in [2.05, 4.69) is 6.92 Å². The molecule has 0 amide bonds. The van der Waals surface area contributed by atoms with Crippen LogP contribution in [-0.2, 0) is 14.3 Å². The molecule has 0 aromatic carbocycles. The van der Waals surface area contributed by atoms with Gasteiger partial charge in [-0.2, -0.15) is 0 Å². The van der Waals surface area contributed by atoms with E-state index in [1.807, 2.05) is 34.6 Å². The van der Waals surface area contributed by atoms with Gasteiger partial charge in [-0.15, -0.1) is 0 Å². The van der Waals surface area contributed by atoms with Crippen LogP contribution in [0.5, 0.6) is 0 Å². The van der Waals surface area contributed by atoms with Crippen molar-refractivity contribution in [3.63, 3.8) is 0 Å². The molecule has 1 saturated carbocycles. The van der Waals surface area contributed by atoms with Gasteiger partial charge >= 0.3 is 11.9 Å². The second-order valence-corrected chi connectivity index (χ2v) is 9.78. The van der Waals surface area contributed by atoms with E-state index in [1.54, 1.807) is 6.92 Å². The molecule has 158 valence electrons. The predicted molar refractivity (Wildman–Crippen MR) is 106 cm³/mol. The van der Waals surface area contributed by atoms with Gasteiger partial charge in [-0.25, -0.2) is 0 Å². The van der Waals surface area contributed by atoms with Crippen LogP contribution in [0.1, 0.15) is 87.0 Å². The number of hydrogen-bond donors (Lipinski definition) is 2. The molecular formula is C22H40O5. The third-order valence-electron chi connectivity index (χ3n) is 6.59. The summed E-state index contributed by atoms with van der Waals surface area (Å²) in [5, 5.41) is 19.9. The molecule has 2 N–H and O–H groups in total. The summed E-state index contributed by atoms with van der Waals surface area (Å²) in [6.07, 6.45) is 3.92. The minimum Gasteiger partial charge on any atom is -0.481 e. The maximum Gasteiger partial charge on any atom is 0.309 e. The summed E-state index contributed by atoms with van der Waals surface area (Å²) in [5.74, 6) is -0.770. The molecule has 1 fully saturated rings. The van der Waals surface area contributed by atoms with Crippen molar-refractivity contribution in [1.82, 2.24) is 0 Å². The van der Waals surface area contributed by atoms with E-state index < -0.39 is 23.1 Å². The van der Waals surface area contributed by atoms with Crippen molar-refractivity contribution in [2.24, 2.45) is 29.1 Å². The van der Waals surface area contributed by atoms with E-state index in [0.717, 1.165) is 19.3 Å². The average molecular weight is 385 g/mol. The number of carbonyl (C=O) groups excluding carboxylic acids is 1. The van der Waals surface area contributed by atoms with E-state index in [4.69, 9.17) is 4.74 Å². The van der Waals surface area contributed by atoms with Crippen molar-refractivity contribution in [2.45, 2.75) is 98.7 Å². The molecule has 6 unspecified atom stereocenters. The van der Waals surface area contributed by atoms with Gasteiger partial charge in [-0.3, -0.25) is 9.59 Å². The Morgan fingerprint density at radius 2 is 1.78 bits per heavy atom. The molecule has 1 aliphatic rings. The predicted octanol–water partition coefficient (Wildman–Crippen LogP) is 4.66. The lowest BCUT2D eigenvalue weighted by molar-refractivity contribution is -0.174. The van der Waals surface area contributed by atoms with Crippen molar-refractivity contribution >= 4 is 11.9 Å². The molecule has 0 aliphatic heterocycles. The lowest BCUT2D eigenvalue weighted by atomic mass is 9.73. The molecular weight excluding hydrogens is 344 g/mol. The molecule has 5 heteroatoms. The summed E-state index contributed by atoms with van der Waals surface area (Å²) in [6, 6.07) is 0. The minimum absolute atomic E-state index is 0.0438. The third kappa shape index (κ3) is 6.48. The fraction of sp³-hybridized carbons (Fsp3) is 0.909. The van der Waals surface area contributed by atoms with Crippen LogP contribution < -0.4 is 0 Å². The van der Waals surface area contributed by atoms with Crippen LogP contribution in [0.4, 0.5) is 0 Å². The van der Waals surface area contributed by atoms with Crippen molar-refractivity contribution in [1.29, 1.82) is 0 Å². The first kappa shape index (κ1) is 23.9. The standard InChI is InChI=1S/C22H40O5/c1-8-22(7,20(25)26)13-15(3)11-16(4)19(24)27-21(5,6)17-10-9-14(2)12-18(17)23/h14-18,23H,8-13H2,1-7H3,(H,25,26). The van der Waals surface area contributed by atoms with Crippen LogP contribution in [0.25, 0.3) is 0 Å². The summed E-state index contributed by atoms with van der Waals surface area (Å²) in [4.78, 5) is 24.2.